The molecule has 3 amide bonds. The standard InChI is InChI=1S/C12H11BrF3N3O2/c1-11(12(14,15)16)9(20)19(10(21)18-11)5-6-2-3-7(17)4-8(6)13/h2-4H,5,17H2,1H3,(H,18,21). The van der Waals surface area contributed by atoms with E-state index in [9.17, 15) is 22.8 Å². The van der Waals surface area contributed by atoms with Gasteiger partial charge in [-0.3, -0.25) is 9.69 Å². The van der Waals surface area contributed by atoms with E-state index < -0.39 is 23.7 Å². The van der Waals surface area contributed by atoms with Gasteiger partial charge in [-0.25, -0.2) is 4.79 Å². The molecule has 0 bridgehead atoms. The van der Waals surface area contributed by atoms with Gasteiger partial charge in [0.2, 0.25) is 5.54 Å². The molecule has 1 aromatic carbocycles. The largest absolute Gasteiger partial charge is 0.420 e. The number of alkyl halides is 3. The summed E-state index contributed by atoms with van der Waals surface area (Å²) in [5.74, 6) is -1.33. The highest BCUT2D eigenvalue weighted by molar-refractivity contribution is 9.10. The Labute approximate surface area is 126 Å². The Kier molecular flexibility index (Phi) is 3.64. The van der Waals surface area contributed by atoms with Crippen LogP contribution in [-0.4, -0.2) is 28.6 Å². The van der Waals surface area contributed by atoms with Crippen LogP contribution in [0.3, 0.4) is 0 Å². The first-order chi connectivity index (χ1) is 9.56. The summed E-state index contributed by atoms with van der Waals surface area (Å²) in [6.07, 6.45) is -4.87. The number of halogens is 4. The van der Waals surface area contributed by atoms with Gasteiger partial charge in [-0.2, -0.15) is 13.2 Å². The van der Waals surface area contributed by atoms with Crippen molar-refractivity contribution in [1.82, 2.24) is 10.2 Å². The molecule has 1 fully saturated rings. The van der Waals surface area contributed by atoms with Crippen LogP contribution in [0.15, 0.2) is 22.7 Å². The zero-order valence-corrected chi connectivity index (χ0v) is 12.4. The number of benzene rings is 1. The normalized spacial score (nSPS) is 22.6. The van der Waals surface area contributed by atoms with E-state index in [1.54, 1.807) is 5.32 Å². The first-order valence-electron chi connectivity index (χ1n) is 5.81. The number of urea groups is 1. The van der Waals surface area contributed by atoms with Crippen LogP contribution in [0, 0.1) is 0 Å². The van der Waals surface area contributed by atoms with Gasteiger partial charge in [0.1, 0.15) is 0 Å². The van der Waals surface area contributed by atoms with E-state index in [2.05, 4.69) is 15.9 Å². The van der Waals surface area contributed by atoms with Crippen molar-refractivity contribution in [1.29, 1.82) is 0 Å². The average molecular weight is 366 g/mol. The molecule has 1 saturated heterocycles. The summed E-state index contributed by atoms with van der Waals surface area (Å²) >= 11 is 3.19. The number of imide groups is 1. The fourth-order valence-corrected chi connectivity index (χ4v) is 2.42. The minimum absolute atomic E-state index is 0.281. The highest BCUT2D eigenvalue weighted by atomic mass is 79.9. The number of nitrogens with zero attached hydrogens (tertiary/aromatic N) is 1. The lowest BCUT2D eigenvalue weighted by atomic mass is 10.0. The number of nitrogens with two attached hydrogens (primary N) is 1. The van der Waals surface area contributed by atoms with Crippen molar-refractivity contribution in [3.63, 3.8) is 0 Å². The van der Waals surface area contributed by atoms with Crippen LogP contribution in [-0.2, 0) is 11.3 Å². The molecule has 114 valence electrons. The van der Waals surface area contributed by atoms with Crippen LogP contribution in [0.2, 0.25) is 0 Å². The summed E-state index contributed by atoms with van der Waals surface area (Å²) in [7, 11) is 0. The molecule has 0 aromatic heterocycles. The van der Waals surface area contributed by atoms with Gasteiger partial charge in [0, 0.05) is 10.2 Å². The first kappa shape index (κ1) is 15.6. The van der Waals surface area contributed by atoms with E-state index in [-0.39, 0.29) is 6.54 Å². The topological polar surface area (TPSA) is 75.4 Å². The van der Waals surface area contributed by atoms with Gasteiger partial charge in [0.05, 0.1) is 6.54 Å². The molecule has 21 heavy (non-hydrogen) atoms. The summed E-state index contributed by atoms with van der Waals surface area (Å²) < 4.78 is 39.3. The Hall–Kier alpha value is -1.77. The van der Waals surface area contributed by atoms with E-state index >= 15 is 0 Å². The Morgan fingerprint density at radius 3 is 2.48 bits per heavy atom. The van der Waals surface area contributed by atoms with Crippen LogP contribution in [0.5, 0.6) is 0 Å². The molecule has 0 saturated carbocycles. The predicted octanol–water partition coefficient (Wildman–Crippen LogP) is 2.40. The molecule has 3 N–H and O–H groups in total. The zero-order valence-electron chi connectivity index (χ0n) is 10.8. The van der Waals surface area contributed by atoms with E-state index in [0.717, 1.165) is 0 Å². The molecular formula is C12H11BrF3N3O2. The van der Waals surface area contributed by atoms with E-state index in [0.29, 0.717) is 27.5 Å². The molecule has 1 aliphatic heterocycles. The third-order valence-electron chi connectivity index (χ3n) is 3.25. The van der Waals surface area contributed by atoms with Gasteiger partial charge in [0.15, 0.2) is 0 Å². The fourth-order valence-electron chi connectivity index (χ4n) is 1.89. The third-order valence-corrected chi connectivity index (χ3v) is 3.99. The first-order valence-corrected chi connectivity index (χ1v) is 6.60. The number of hydrogen-bond donors (Lipinski definition) is 2. The number of amides is 3. The number of hydrogen-bond acceptors (Lipinski definition) is 3. The van der Waals surface area contributed by atoms with Gasteiger partial charge in [-0.15, -0.1) is 0 Å². The van der Waals surface area contributed by atoms with Gasteiger partial charge in [-0.05, 0) is 24.6 Å². The van der Waals surface area contributed by atoms with E-state index in [1.165, 1.54) is 18.2 Å². The molecule has 0 spiro atoms. The fraction of sp³-hybridized carbons (Fsp3) is 0.333. The highest BCUT2D eigenvalue weighted by Crippen LogP contribution is 2.36. The summed E-state index contributed by atoms with van der Waals surface area (Å²) in [5.41, 5.74) is 3.57. The van der Waals surface area contributed by atoms with Crippen molar-refractivity contribution in [2.75, 3.05) is 5.73 Å². The molecule has 5 nitrogen and oxygen atoms in total. The number of carbonyl (C=O) groups is 2. The zero-order chi connectivity index (χ0) is 16.0. The molecule has 1 unspecified atom stereocenters. The van der Waals surface area contributed by atoms with E-state index in [4.69, 9.17) is 5.73 Å². The van der Waals surface area contributed by atoms with Gasteiger partial charge in [-0.1, -0.05) is 22.0 Å². The molecule has 1 aromatic rings. The summed E-state index contributed by atoms with van der Waals surface area (Å²) in [4.78, 5) is 24.2. The lowest BCUT2D eigenvalue weighted by Gasteiger charge is -2.24. The van der Waals surface area contributed by atoms with Crippen molar-refractivity contribution in [3.8, 4) is 0 Å². The van der Waals surface area contributed by atoms with Gasteiger partial charge < -0.3 is 11.1 Å². The second-order valence-electron chi connectivity index (χ2n) is 4.80. The Balaban J connectivity index is 2.30. The Bertz CT molecular complexity index is 620. The lowest BCUT2D eigenvalue weighted by molar-refractivity contribution is -0.191. The minimum atomic E-state index is -4.87. The van der Waals surface area contributed by atoms with Crippen LogP contribution < -0.4 is 11.1 Å². The molecule has 1 aliphatic rings. The van der Waals surface area contributed by atoms with Crippen LogP contribution >= 0.6 is 15.9 Å². The molecule has 1 atom stereocenters. The molecule has 0 aliphatic carbocycles. The second kappa shape index (κ2) is 4.90. The van der Waals surface area contributed by atoms with Crippen LogP contribution in [0.25, 0.3) is 0 Å². The second-order valence-corrected chi connectivity index (χ2v) is 5.65. The van der Waals surface area contributed by atoms with E-state index in [1.807, 2.05) is 0 Å². The molecule has 0 radical (unpaired) electrons. The van der Waals surface area contributed by atoms with Gasteiger partial charge in [0.25, 0.3) is 5.91 Å². The van der Waals surface area contributed by atoms with Crippen molar-refractivity contribution in [3.05, 3.63) is 28.2 Å². The van der Waals surface area contributed by atoms with Gasteiger partial charge >= 0.3 is 12.2 Å². The Morgan fingerprint density at radius 1 is 1.38 bits per heavy atom. The summed E-state index contributed by atoms with van der Waals surface area (Å²) in [6, 6.07) is 3.52. The van der Waals surface area contributed by atoms with Crippen LogP contribution in [0.1, 0.15) is 12.5 Å². The quantitative estimate of drug-likeness (QED) is 0.624. The SMILES string of the molecule is CC1(C(F)(F)F)NC(=O)N(Cc2ccc(N)cc2Br)C1=O. The number of nitrogens with one attached hydrogen (secondary N) is 1. The predicted molar refractivity (Wildman–Crippen MR) is 72.1 cm³/mol. The number of rotatable bonds is 2. The monoisotopic (exact) mass is 365 g/mol. The average Bonchev–Trinajstić information content (AvgIpc) is 2.56. The lowest BCUT2D eigenvalue weighted by Crippen LogP contribution is -2.56. The number of carbonyl (C=O) groups excluding carboxylic acids is 2. The maximum atomic E-state index is 12.9. The highest BCUT2D eigenvalue weighted by Gasteiger charge is 2.64. The molecule has 2 rings (SSSR count). The van der Waals surface area contributed by atoms with Crippen molar-refractivity contribution in [2.45, 2.75) is 25.2 Å². The summed E-state index contributed by atoms with van der Waals surface area (Å²) in [6.45, 7) is 0.364. The number of anilines is 1. The minimum Gasteiger partial charge on any atom is -0.399 e. The molecule has 1 heterocycles. The van der Waals surface area contributed by atoms with Crippen molar-refractivity contribution < 1.29 is 22.8 Å². The molecule has 9 heteroatoms. The van der Waals surface area contributed by atoms with Crippen LogP contribution in [0.4, 0.5) is 23.7 Å². The van der Waals surface area contributed by atoms with Crippen molar-refractivity contribution >= 4 is 33.6 Å². The Morgan fingerprint density at radius 2 is 2.00 bits per heavy atom. The molecular weight excluding hydrogens is 355 g/mol. The summed E-state index contributed by atoms with van der Waals surface area (Å²) in [5, 5.41) is 1.69. The maximum absolute atomic E-state index is 12.9. The third kappa shape index (κ3) is 2.57. The smallest absolute Gasteiger partial charge is 0.399 e. The number of nitrogen functional groups attached to an aromatic ring is 1. The maximum Gasteiger partial charge on any atom is 0.420 e. The van der Waals surface area contributed by atoms with Crippen molar-refractivity contribution in [2.24, 2.45) is 0 Å².